The molecule has 0 aromatic carbocycles. The molecule has 2 N–H and O–H groups in total. The molecule has 0 saturated heterocycles. The Morgan fingerprint density at radius 1 is 1.21 bits per heavy atom. The molecule has 0 fully saturated rings. The molecule has 0 saturated carbocycles. The van der Waals surface area contributed by atoms with Crippen LogP contribution in [0.15, 0.2) is 6.20 Å². The molecule has 1 aromatic rings. The zero-order valence-corrected chi connectivity index (χ0v) is 9.39. The van der Waals surface area contributed by atoms with Gasteiger partial charge in [-0.25, -0.2) is 4.98 Å². The van der Waals surface area contributed by atoms with Crippen molar-refractivity contribution >= 4 is 0 Å². The lowest BCUT2D eigenvalue weighted by molar-refractivity contribution is -0.276. The smallest absolute Gasteiger partial charge is 0.478 e. The van der Waals surface area contributed by atoms with Gasteiger partial charge in [0.15, 0.2) is 0 Å². The van der Waals surface area contributed by atoms with Crippen LogP contribution < -0.4 is 15.2 Å². The van der Waals surface area contributed by atoms with Crippen molar-refractivity contribution in [3.8, 4) is 11.6 Å². The minimum absolute atomic E-state index is 0.632. The molecule has 0 atom stereocenters. The molecule has 1 heterocycles. The van der Waals surface area contributed by atoms with E-state index in [0.29, 0.717) is 6.20 Å². The normalized spacial score (nSPS) is 12.4. The lowest BCUT2D eigenvalue weighted by Gasteiger charge is -2.19. The Morgan fingerprint density at radius 2 is 1.79 bits per heavy atom. The van der Waals surface area contributed by atoms with Gasteiger partial charge in [0.05, 0.1) is 7.11 Å². The zero-order valence-electron chi connectivity index (χ0n) is 9.39. The van der Waals surface area contributed by atoms with E-state index in [2.05, 4.69) is 14.5 Å². The van der Waals surface area contributed by atoms with Gasteiger partial charge in [-0.1, -0.05) is 0 Å². The van der Waals surface area contributed by atoms with Crippen LogP contribution in [0, 0.1) is 0 Å². The van der Waals surface area contributed by atoms with E-state index in [1.54, 1.807) is 0 Å². The average molecular weight is 290 g/mol. The fraction of sp³-hybridized carbons (Fsp3) is 0.444. The van der Waals surface area contributed by atoms with Gasteiger partial charge in [0, 0.05) is 18.3 Å². The van der Waals surface area contributed by atoms with E-state index in [-0.39, 0.29) is 0 Å². The van der Waals surface area contributed by atoms with Crippen LogP contribution in [0.25, 0.3) is 0 Å². The van der Waals surface area contributed by atoms with Gasteiger partial charge in [0.1, 0.15) is 5.56 Å². The van der Waals surface area contributed by atoms with Crippen molar-refractivity contribution in [3.63, 3.8) is 0 Å². The second-order valence-electron chi connectivity index (χ2n) is 3.25. The number of alkyl halides is 6. The number of methoxy groups -OCH3 is 1. The van der Waals surface area contributed by atoms with Crippen molar-refractivity contribution in [3.05, 3.63) is 17.3 Å². The maximum Gasteiger partial charge on any atom is 0.573 e. The number of nitrogens with two attached hydrogens (primary N) is 1. The second-order valence-corrected chi connectivity index (χ2v) is 3.25. The molecule has 0 aliphatic carbocycles. The summed E-state index contributed by atoms with van der Waals surface area (Å²) in [5.74, 6) is -2.48. The van der Waals surface area contributed by atoms with Crippen molar-refractivity contribution in [2.45, 2.75) is 19.1 Å². The molecule has 0 radical (unpaired) electrons. The van der Waals surface area contributed by atoms with Crippen LogP contribution in [0.3, 0.4) is 0 Å². The molecule has 4 nitrogen and oxygen atoms in total. The maximum absolute atomic E-state index is 12.8. The van der Waals surface area contributed by atoms with Gasteiger partial charge in [-0.05, 0) is 0 Å². The summed E-state index contributed by atoms with van der Waals surface area (Å²) in [6, 6.07) is 0. The molecule has 0 amide bonds. The first-order valence-electron chi connectivity index (χ1n) is 4.69. The number of hydrogen-bond donors (Lipinski definition) is 1. The highest BCUT2D eigenvalue weighted by Crippen LogP contribution is 2.44. The molecule has 0 aliphatic heterocycles. The van der Waals surface area contributed by atoms with Gasteiger partial charge >= 0.3 is 12.5 Å². The van der Waals surface area contributed by atoms with E-state index in [1.165, 1.54) is 0 Å². The molecule has 1 aromatic heterocycles. The highest BCUT2D eigenvalue weighted by molar-refractivity contribution is 5.48. The average Bonchev–Trinajstić information content (AvgIpc) is 2.24. The van der Waals surface area contributed by atoms with Crippen LogP contribution in [-0.4, -0.2) is 18.5 Å². The molecule has 0 unspecified atom stereocenters. The van der Waals surface area contributed by atoms with Gasteiger partial charge < -0.3 is 15.2 Å². The number of rotatable bonds is 3. The van der Waals surface area contributed by atoms with Gasteiger partial charge in [0.2, 0.25) is 5.75 Å². The van der Waals surface area contributed by atoms with Crippen molar-refractivity contribution in [2.75, 3.05) is 7.11 Å². The van der Waals surface area contributed by atoms with Crippen LogP contribution in [0.4, 0.5) is 26.3 Å². The van der Waals surface area contributed by atoms with Crippen LogP contribution in [0.2, 0.25) is 0 Å². The first-order chi connectivity index (χ1) is 8.60. The maximum atomic E-state index is 12.8. The van der Waals surface area contributed by atoms with E-state index in [1.807, 2.05) is 0 Å². The third-order valence-electron chi connectivity index (χ3n) is 1.99. The quantitative estimate of drug-likeness (QED) is 0.869. The summed E-state index contributed by atoms with van der Waals surface area (Å²) >= 11 is 0. The predicted molar refractivity (Wildman–Crippen MR) is 50.4 cm³/mol. The van der Waals surface area contributed by atoms with E-state index >= 15 is 0 Å². The summed E-state index contributed by atoms with van der Waals surface area (Å²) in [7, 11) is 0.869. The van der Waals surface area contributed by atoms with Gasteiger partial charge in [-0.15, -0.1) is 13.2 Å². The zero-order chi connectivity index (χ0) is 14.8. The van der Waals surface area contributed by atoms with E-state index in [0.717, 1.165) is 7.11 Å². The monoisotopic (exact) mass is 290 g/mol. The van der Waals surface area contributed by atoms with E-state index < -0.39 is 41.8 Å². The van der Waals surface area contributed by atoms with Crippen molar-refractivity contribution < 1.29 is 35.8 Å². The topological polar surface area (TPSA) is 57.4 Å². The van der Waals surface area contributed by atoms with E-state index in [4.69, 9.17) is 5.73 Å². The number of ether oxygens (including phenoxy) is 2. The lowest BCUT2D eigenvalue weighted by Crippen LogP contribution is -2.23. The Labute approximate surface area is 103 Å². The molecular weight excluding hydrogens is 282 g/mol. The Morgan fingerprint density at radius 3 is 2.16 bits per heavy atom. The summed E-state index contributed by atoms with van der Waals surface area (Å²) < 4.78 is 82.6. The molecule has 0 aliphatic rings. The van der Waals surface area contributed by atoms with Gasteiger partial charge in [0.25, 0.3) is 5.88 Å². The first kappa shape index (κ1) is 15.3. The summed E-state index contributed by atoms with van der Waals surface area (Å²) in [5, 5.41) is 0. The van der Waals surface area contributed by atoms with Crippen LogP contribution in [-0.2, 0) is 12.7 Å². The molecule has 10 heteroatoms. The molecule has 0 bridgehead atoms. The minimum atomic E-state index is -5.32. The number of nitrogens with zero attached hydrogens (tertiary/aromatic N) is 1. The SMILES string of the molecule is COc1ncc(CN)c(C(F)(F)F)c1OC(F)(F)F. The van der Waals surface area contributed by atoms with Gasteiger partial charge in [-0.2, -0.15) is 13.2 Å². The number of halogens is 6. The molecule has 108 valence electrons. The van der Waals surface area contributed by atoms with Crippen LogP contribution in [0.1, 0.15) is 11.1 Å². The van der Waals surface area contributed by atoms with E-state index in [9.17, 15) is 26.3 Å². The van der Waals surface area contributed by atoms with Crippen LogP contribution >= 0.6 is 0 Å². The molecule has 1 rings (SSSR count). The molecule has 19 heavy (non-hydrogen) atoms. The molecule has 0 spiro atoms. The lowest BCUT2D eigenvalue weighted by atomic mass is 10.1. The number of pyridine rings is 1. The summed E-state index contributed by atoms with van der Waals surface area (Å²) in [4.78, 5) is 3.30. The second kappa shape index (κ2) is 5.11. The Kier molecular flexibility index (Phi) is 4.13. The first-order valence-corrected chi connectivity index (χ1v) is 4.69. The Bertz CT molecular complexity index is 457. The van der Waals surface area contributed by atoms with Crippen molar-refractivity contribution in [1.29, 1.82) is 0 Å². The fourth-order valence-electron chi connectivity index (χ4n) is 1.33. The van der Waals surface area contributed by atoms with Crippen molar-refractivity contribution in [2.24, 2.45) is 5.73 Å². The standard InChI is InChI=1S/C9H8F6N2O2/c1-18-7-6(19-9(13,14)15)5(8(10,11)12)4(2-16)3-17-7/h3H,2,16H2,1H3. The van der Waals surface area contributed by atoms with Crippen LogP contribution in [0.5, 0.6) is 11.6 Å². The van der Waals surface area contributed by atoms with Crippen molar-refractivity contribution in [1.82, 2.24) is 4.98 Å². The fourth-order valence-corrected chi connectivity index (χ4v) is 1.33. The minimum Gasteiger partial charge on any atom is -0.478 e. The predicted octanol–water partition coefficient (Wildman–Crippen LogP) is 2.47. The Balaban J connectivity index is 3.53. The Hall–Kier alpha value is -1.71. The summed E-state index contributed by atoms with van der Waals surface area (Å²) in [6.07, 6.45) is -9.72. The van der Waals surface area contributed by atoms with Gasteiger partial charge in [-0.3, -0.25) is 0 Å². The third-order valence-corrected chi connectivity index (χ3v) is 1.99. The number of hydrogen-bond acceptors (Lipinski definition) is 4. The molecular formula is C9H8F6N2O2. The highest BCUT2D eigenvalue weighted by atomic mass is 19.4. The highest BCUT2D eigenvalue weighted by Gasteiger charge is 2.43. The third kappa shape index (κ3) is 3.63. The largest absolute Gasteiger partial charge is 0.573 e. The summed E-state index contributed by atoms with van der Waals surface area (Å²) in [6.45, 7) is -0.653. The number of aromatic nitrogens is 1. The summed E-state index contributed by atoms with van der Waals surface area (Å²) in [5.41, 5.74) is 2.77.